The van der Waals surface area contributed by atoms with E-state index < -0.39 is 0 Å². The quantitative estimate of drug-likeness (QED) is 0.180. The SMILES string of the molecule is Nc1ccc2c(c1)CNCC2.O=[N+]([O-])c1ccc2c(c1)CNCC2.[C-]#[N+]c1ccc2c(c1)CNCC2. The van der Waals surface area contributed by atoms with Crippen molar-refractivity contribution in [1.82, 2.24) is 16.0 Å². The van der Waals surface area contributed by atoms with E-state index in [1.54, 1.807) is 12.1 Å². The summed E-state index contributed by atoms with van der Waals surface area (Å²) in [7, 11) is 0. The van der Waals surface area contributed by atoms with Crippen molar-refractivity contribution >= 4 is 17.1 Å². The summed E-state index contributed by atoms with van der Waals surface area (Å²) in [5, 5.41) is 20.3. The molecule has 3 aromatic carbocycles. The van der Waals surface area contributed by atoms with Gasteiger partial charge in [-0.1, -0.05) is 30.3 Å². The number of benzene rings is 3. The lowest BCUT2D eigenvalue weighted by Gasteiger charge is -2.16. The summed E-state index contributed by atoms with van der Waals surface area (Å²) in [6.07, 6.45) is 3.19. The minimum atomic E-state index is -0.352. The van der Waals surface area contributed by atoms with Crippen LogP contribution in [0.4, 0.5) is 17.1 Å². The average Bonchev–Trinajstić information content (AvgIpc) is 2.93. The van der Waals surface area contributed by atoms with Crippen LogP contribution in [-0.4, -0.2) is 24.6 Å². The van der Waals surface area contributed by atoms with Crippen molar-refractivity contribution < 1.29 is 4.92 Å². The zero-order valence-corrected chi connectivity index (χ0v) is 20.3. The summed E-state index contributed by atoms with van der Waals surface area (Å²) in [6.45, 7) is 12.6. The van der Waals surface area contributed by atoms with E-state index in [-0.39, 0.29) is 10.6 Å². The molecule has 3 heterocycles. The fourth-order valence-corrected chi connectivity index (χ4v) is 4.62. The van der Waals surface area contributed by atoms with E-state index in [4.69, 9.17) is 12.3 Å². The Kier molecular flexibility index (Phi) is 8.63. The maximum atomic E-state index is 10.5. The zero-order valence-electron chi connectivity index (χ0n) is 20.3. The van der Waals surface area contributed by atoms with Crippen LogP contribution in [0, 0.1) is 16.7 Å². The third-order valence-corrected chi connectivity index (χ3v) is 6.61. The molecule has 8 nitrogen and oxygen atoms in total. The number of hydrogen-bond donors (Lipinski definition) is 4. The lowest BCUT2D eigenvalue weighted by Crippen LogP contribution is -2.23. The van der Waals surface area contributed by atoms with Crippen molar-refractivity contribution in [3.8, 4) is 0 Å². The molecule has 0 fully saturated rings. The molecule has 0 atom stereocenters. The fraction of sp³-hybridized carbons (Fsp3) is 0.321. The van der Waals surface area contributed by atoms with Crippen LogP contribution in [0.3, 0.4) is 0 Å². The van der Waals surface area contributed by atoms with Crippen LogP contribution in [-0.2, 0) is 38.9 Å². The normalized spacial score (nSPS) is 15.3. The predicted octanol–water partition coefficient (Wildman–Crippen LogP) is 4.04. The molecular weight excluding hydrogens is 452 g/mol. The molecule has 36 heavy (non-hydrogen) atoms. The molecule has 0 spiro atoms. The first-order chi connectivity index (χ1) is 17.5. The Balaban J connectivity index is 0.000000127. The number of nitrogens with zero attached hydrogens (tertiary/aromatic N) is 2. The number of hydrogen-bond acceptors (Lipinski definition) is 6. The van der Waals surface area contributed by atoms with Crippen LogP contribution >= 0.6 is 0 Å². The molecule has 0 unspecified atom stereocenters. The Hall–Kier alpha value is -3.77. The number of anilines is 1. The molecule has 8 heteroatoms. The summed E-state index contributed by atoms with van der Waals surface area (Å²) in [4.78, 5) is 13.5. The van der Waals surface area contributed by atoms with Gasteiger partial charge >= 0.3 is 0 Å². The van der Waals surface area contributed by atoms with Gasteiger partial charge in [0.2, 0.25) is 0 Å². The molecule has 3 aromatic rings. The molecule has 0 aliphatic carbocycles. The first kappa shape index (κ1) is 25.3. The van der Waals surface area contributed by atoms with Crippen molar-refractivity contribution in [2.24, 2.45) is 0 Å². The molecule has 0 saturated carbocycles. The number of nitrogen functional groups attached to an aromatic ring is 1. The molecule has 0 radical (unpaired) electrons. The van der Waals surface area contributed by atoms with Gasteiger partial charge in [-0.05, 0) is 84.4 Å². The highest BCUT2D eigenvalue weighted by molar-refractivity contribution is 5.50. The van der Waals surface area contributed by atoms with Gasteiger partial charge in [-0.15, -0.1) is 0 Å². The highest BCUT2D eigenvalue weighted by Crippen LogP contribution is 2.21. The number of nitro benzene ring substituents is 1. The van der Waals surface area contributed by atoms with Crippen LogP contribution in [0.5, 0.6) is 0 Å². The Bertz CT molecular complexity index is 1270. The molecule has 0 saturated heterocycles. The summed E-state index contributed by atoms with van der Waals surface area (Å²) in [5.41, 5.74) is 15.2. The zero-order chi connectivity index (χ0) is 25.3. The second kappa shape index (κ2) is 12.3. The molecule has 186 valence electrons. The van der Waals surface area contributed by atoms with Gasteiger partial charge in [0, 0.05) is 37.5 Å². The number of nitrogens with one attached hydrogen (secondary N) is 3. The molecule has 3 aliphatic heterocycles. The average molecular weight is 485 g/mol. The summed E-state index contributed by atoms with van der Waals surface area (Å²) < 4.78 is 0. The van der Waals surface area contributed by atoms with Crippen molar-refractivity contribution in [3.05, 3.63) is 110 Å². The maximum Gasteiger partial charge on any atom is 0.269 e. The number of fused-ring (bicyclic) bond motifs is 3. The predicted molar refractivity (Wildman–Crippen MR) is 143 cm³/mol. The lowest BCUT2D eigenvalue weighted by molar-refractivity contribution is -0.384. The molecule has 5 N–H and O–H groups in total. The van der Waals surface area contributed by atoms with Crippen LogP contribution in [0.2, 0.25) is 0 Å². The minimum Gasteiger partial charge on any atom is -0.399 e. The summed E-state index contributed by atoms with van der Waals surface area (Å²) in [6, 6.07) is 17.2. The smallest absolute Gasteiger partial charge is 0.269 e. The standard InChI is InChI=1S/C10H10N2.C9H10N2O2.C9H12N2/c1-11-10-3-2-8-4-5-12-7-9(8)6-10;12-11(13)9-2-1-7-3-4-10-6-8(7)5-9;10-9-2-1-7-3-4-11-6-8(7)5-9/h2-3,6,12H,4-5,7H2;1-2,5,10H,3-4,6H2;1-2,5,11H,3-4,6,10H2. The second-order valence-corrected chi connectivity index (χ2v) is 9.08. The highest BCUT2D eigenvalue weighted by atomic mass is 16.6. The van der Waals surface area contributed by atoms with Gasteiger partial charge < -0.3 is 21.7 Å². The second-order valence-electron chi connectivity index (χ2n) is 9.08. The molecule has 0 aromatic heterocycles. The number of nitro groups is 1. The third kappa shape index (κ3) is 6.67. The fourth-order valence-electron chi connectivity index (χ4n) is 4.62. The molecule has 0 amide bonds. The lowest BCUT2D eigenvalue weighted by atomic mass is 10.0. The van der Waals surface area contributed by atoms with E-state index in [2.05, 4.69) is 39.0 Å². The van der Waals surface area contributed by atoms with E-state index in [1.165, 1.54) is 27.8 Å². The van der Waals surface area contributed by atoms with Crippen LogP contribution < -0.4 is 21.7 Å². The van der Waals surface area contributed by atoms with Gasteiger partial charge in [-0.2, -0.15) is 0 Å². The number of nitrogens with two attached hydrogens (primary N) is 1. The minimum absolute atomic E-state index is 0.183. The van der Waals surface area contributed by atoms with Gasteiger partial charge in [0.05, 0.1) is 11.5 Å². The summed E-state index contributed by atoms with van der Waals surface area (Å²) >= 11 is 0. The first-order valence-electron chi connectivity index (χ1n) is 12.3. The van der Waals surface area contributed by atoms with Gasteiger partial charge in [0.25, 0.3) is 5.69 Å². The monoisotopic (exact) mass is 484 g/mol. The molecular formula is C28H32N6O2. The van der Waals surface area contributed by atoms with Crippen molar-refractivity contribution in [3.63, 3.8) is 0 Å². The van der Waals surface area contributed by atoms with E-state index >= 15 is 0 Å². The van der Waals surface area contributed by atoms with Gasteiger partial charge in [-0.3, -0.25) is 10.1 Å². The topological polar surface area (TPSA) is 110 Å². The van der Waals surface area contributed by atoms with Crippen LogP contribution in [0.15, 0.2) is 54.6 Å². The molecule has 3 aliphatic rings. The van der Waals surface area contributed by atoms with E-state index in [9.17, 15) is 10.1 Å². The van der Waals surface area contributed by atoms with Gasteiger partial charge in [-0.25, -0.2) is 4.85 Å². The number of non-ortho nitro benzene ring substituents is 1. The third-order valence-electron chi connectivity index (χ3n) is 6.61. The summed E-state index contributed by atoms with van der Waals surface area (Å²) in [5.74, 6) is 0. The number of rotatable bonds is 1. The van der Waals surface area contributed by atoms with Gasteiger partial charge in [0.15, 0.2) is 5.69 Å². The van der Waals surface area contributed by atoms with E-state index in [0.29, 0.717) is 0 Å². The molecule has 0 bridgehead atoms. The molecule has 6 rings (SSSR count). The van der Waals surface area contributed by atoms with E-state index in [1.807, 2.05) is 24.3 Å². The maximum absolute atomic E-state index is 10.5. The Morgan fingerprint density at radius 2 is 1.22 bits per heavy atom. The largest absolute Gasteiger partial charge is 0.399 e. The van der Waals surface area contributed by atoms with Crippen LogP contribution in [0.1, 0.15) is 33.4 Å². The van der Waals surface area contributed by atoms with E-state index in [0.717, 1.165) is 75.5 Å². The Morgan fingerprint density at radius 3 is 1.78 bits per heavy atom. The van der Waals surface area contributed by atoms with Crippen molar-refractivity contribution in [2.45, 2.75) is 38.9 Å². The Morgan fingerprint density at radius 1 is 0.722 bits per heavy atom. The highest BCUT2D eigenvalue weighted by Gasteiger charge is 2.13. The Labute approximate surface area is 211 Å². The van der Waals surface area contributed by atoms with Crippen molar-refractivity contribution in [1.29, 1.82) is 0 Å². The van der Waals surface area contributed by atoms with Gasteiger partial charge in [0.1, 0.15) is 0 Å². The van der Waals surface area contributed by atoms with Crippen LogP contribution in [0.25, 0.3) is 4.85 Å². The van der Waals surface area contributed by atoms with Crippen molar-refractivity contribution in [2.75, 3.05) is 25.4 Å². The first-order valence-corrected chi connectivity index (χ1v) is 12.3.